The minimum Gasteiger partial charge on any atom is -0.444 e. The van der Waals surface area contributed by atoms with Crippen molar-refractivity contribution in [2.45, 2.75) is 45.1 Å². The van der Waals surface area contributed by atoms with E-state index in [4.69, 9.17) is 4.74 Å². The maximum atomic E-state index is 13.6. The summed E-state index contributed by atoms with van der Waals surface area (Å²) in [5, 5.41) is 4.68. The number of hydrogen-bond acceptors (Lipinski definition) is 4. The first kappa shape index (κ1) is 19.4. The van der Waals surface area contributed by atoms with Crippen molar-refractivity contribution in [2.75, 3.05) is 13.1 Å². The minimum atomic E-state index is -0.492. The summed E-state index contributed by atoms with van der Waals surface area (Å²) >= 11 is 0. The summed E-state index contributed by atoms with van der Waals surface area (Å²) < 4.78 is 20.9. The summed E-state index contributed by atoms with van der Waals surface area (Å²) in [5.74, 6) is -0.0262. The van der Waals surface area contributed by atoms with Gasteiger partial charge in [0.25, 0.3) is 0 Å². The lowest BCUT2D eigenvalue weighted by Gasteiger charge is -2.33. The van der Waals surface area contributed by atoms with Gasteiger partial charge in [-0.05, 0) is 51.8 Å². The molecule has 0 spiro atoms. The van der Waals surface area contributed by atoms with Crippen molar-refractivity contribution in [3.8, 4) is 11.3 Å². The Morgan fingerprint density at radius 2 is 1.93 bits per heavy atom. The average molecular weight is 396 g/mol. The number of hydrogen-bond donors (Lipinski definition) is 0. The Hall–Kier alpha value is -2.96. The van der Waals surface area contributed by atoms with Gasteiger partial charge in [-0.1, -0.05) is 12.1 Å². The smallest absolute Gasteiger partial charge is 0.410 e. The standard InChI is InChI=1S/C22H25FN4O2/c1-22(2,3)29-21(28)26-11-8-15(9-12-26)19-7-10-24-20-14-18(25-27(19)20)16-5-4-6-17(23)13-16/h4-7,10,13-15H,8-9,11-12H2,1-3H3. The van der Waals surface area contributed by atoms with Crippen LogP contribution in [0.5, 0.6) is 0 Å². The number of halogens is 1. The highest BCUT2D eigenvalue weighted by molar-refractivity contribution is 5.68. The molecule has 7 heteroatoms. The van der Waals surface area contributed by atoms with Gasteiger partial charge < -0.3 is 9.64 Å². The van der Waals surface area contributed by atoms with E-state index < -0.39 is 5.60 Å². The number of fused-ring (bicyclic) bond motifs is 1. The van der Waals surface area contributed by atoms with Gasteiger partial charge in [0.2, 0.25) is 0 Å². The van der Waals surface area contributed by atoms with Crippen LogP contribution in [0.15, 0.2) is 42.6 Å². The van der Waals surface area contributed by atoms with Crippen LogP contribution in [-0.2, 0) is 4.74 Å². The fourth-order valence-electron chi connectivity index (χ4n) is 3.70. The molecule has 1 amide bonds. The Morgan fingerprint density at radius 3 is 2.62 bits per heavy atom. The van der Waals surface area contributed by atoms with Crippen molar-refractivity contribution in [3.63, 3.8) is 0 Å². The summed E-state index contributed by atoms with van der Waals surface area (Å²) in [6, 6.07) is 10.2. The molecule has 2 aromatic heterocycles. The highest BCUT2D eigenvalue weighted by Gasteiger charge is 2.28. The second kappa shape index (κ2) is 7.46. The van der Waals surface area contributed by atoms with Gasteiger partial charge in [-0.25, -0.2) is 18.7 Å². The molecule has 0 aliphatic carbocycles. The van der Waals surface area contributed by atoms with Crippen LogP contribution in [0.4, 0.5) is 9.18 Å². The van der Waals surface area contributed by atoms with Gasteiger partial charge in [0.05, 0.1) is 5.69 Å². The number of carbonyl (C=O) groups excluding carboxylic acids is 1. The van der Waals surface area contributed by atoms with Crippen molar-refractivity contribution in [1.29, 1.82) is 0 Å². The second-order valence-corrected chi connectivity index (χ2v) is 8.42. The van der Waals surface area contributed by atoms with E-state index in [0.29, 0.717) is 18.8 Å². The maximum Gasteiger partial charge on any atom is 0.410 e. The van der Waals surface area contributed by atoms with Crippen molar-refractivity contribution < 1.29 is 13.9 Å². The van der Waals surface area contributed by atoms with Crippen LogP contribution in [-0.4, -0.2) is 44.3 Å². The van der Waals surface area contributed by atoms with Crippen LogP contribution >= 0.6 is 0 Å². The van der Waals surface area contributed by atoms with E-state index >= 15 is 0 Å². The van der Waals surface area contributed by atoms with Crippen molar-refractivity contribution in [1.82, 2.24) is 19.5 Å². The van der Waals surface area contributed by atoms with Crippen LogP contribution in [0.2, 0.25) is 0 Å². The summed E-state index contributed by atoms with van der Waals surface area (Å²) in [4.78, 5) is 18.5. The molecule has 0 saturated carbocycles. The highest BCUT2D eigenvalue weighted by Crippen LogP contribution is 2.30. The Labute approximate surface area is 169 Å². The first-order valence-electron chi connectivity index (χ1n) is 9.89. The first-order chi connectivity index (χ1) is 13.8. The molecule has 29 heavy (non-hydrogen) atoms. The maximum absolute atomic E-state index is 13.6. The third kappa shape index (κ3) is 4.23. The normalized spacial score (nSPS) is 15.7. The van der Waals surface area contributed by atoms with E-state index in [0.717, 1.165) is 29.7 Å². The molecular formula is C22H25FN4O2. The Kier molecular flexibility index (Phi) is 4.98. The Bertz CT molecular complexity index is 1030. The number of ether oxygens (including phenoxy) is 1. The van der Waals surface area contributed by atoms with E-state index in [1.165, 1.54) is 12.1 Å². The third-order valence-corrected chi connectivity index (χ3v) is 5.07. The fourth-order valence-corrected chi connectivity index (χ4v) is 3.70. The summed E-state index contributed by atoms with van der Waals surface area (Å²) in [7, 11) is 0. The third-order valence-electron chi connectivity index (χ3n) is 5.07. The van der Waals surface area contributed by atoms with Crippen LogP contribution in [0.3, 0.4) is 0 Å². The molecule has 0 bridgehead atoms. The number of carbonyl (C=O) groups is 1. The summed E-state index contributed by atoms with van der Waals surface area (Å²) in [5.41, 5.74) is 2.71. The number of piperidine rings is 1. The number of likely N-dealkylation sites (tertiary alicyclic amines) is 1. The van der Waals surface area contributed by atoms with E-state index in [9.17, 15) is 9.18 Å². The van der Waals surface area contributed by atoms with Gasteiger partial charge in [0.1, 0.15) is 11.4 Å². The molecule has 1 fully saturated rings. The van der Waals surface area contributed by atoms with Gasteiger partial charge in [0.15, 0.2) is 5.65 Å². The van der Waals surface area contributed by atoms with E-state index in [1.54, 1.807) is 17.2 Å². The van der Waals surface area contributed by atoms with Crippen LogP contribution in [0.1, 0.15) is 45.2 Å². The molecule has 1 saturated heterocycles. The molecule has 0 atom stereocenters. The molecule has 1 aliphatic heterocycles. The second-order valence-electron chi connectivity index (χ2n) is 8.42. The molecule has 4 rings (SSSR count). The van der Waals surface area contributed by atoms with E-state index in [1.807, 2.05) is 43.5 Å². The molecule has 0 N–H and O–H groups in total. The number of rotatable bonds is 2. The van der Waals surface area contributed by atoms with Gasteiger partial charge in [-0.2, -0.15) is 5.10 Å². The zero-order valence-electron chi connectivity index (χ0n) is 16.9. The monoisotopic (exact) mass is 396 g/mol. The molecule has 3 aromatic rings. The van der Waals surface area contributed by atoms with Gasteiger partial charge in [-0.3, -0.25) is 0 Å². The summed E-state index contributed by atoms with van der Waals surface area (Å²) in [6.07, 6.45) is 3.17. The average Bonchev–Trinajstić information content (AvgIpc) is 3.11. The molecule has 152 valence electrons. The van der Waals surface area contributed by atoms with Crippen molar-refractivity contribution in [2.24, 2.45) is 0 Å². The molecule has 0 unspecified atom stereocenters. The van der Waals surface area contributed by atoms with Gasteiger partial charge >= 0.3 is 6.09 Å². The van der Waals surface area contributed by atoms with Crippen molar-refractivity contribution >= 4 is 11.7 Å². The Balaban J connectivity index is 1.54. The summed E-state index contributed by atoms with van der Waals surface area (Å²) in [6.45, 7) is 6.90. The van der Waals surface area contributed by atoms with Gasteiger partial charge in [0, 0.05) is 42.5 Å². The molecule has 0 radical (unpaired) electrons. The lowest BCUT2D eigenvalue weighted by molar-refractivity contribution is 0.0203. The molecular weight excluding hydrogens is 371 g/mol. The topological polar surface area (TPSA) is 59.7 Å². The lowest BCUT2D eigenvalue weighted by atomic mass is 9.93. The van der Waals surface area contributed by atoms with Crippen molar-refractivity contribution in [3.05, 3.63) is 54.1 Å². The number of nitrogens with zero attached hydrogens (tertiary/aromatic N) is 4. The SMILES string of the molecule is CC(C)(C)OC(=O)N1CCC(c2ccnc3cc(-c4cccc(F)c4)nn23)CC1. The first-order valence-corrected chi connectivity index (χ1v) is 9.89. The number of benzene rings is 1. The quantitative estimate of drug-likeness (QED) is 0.633. The van der Waals surface area contributed by atoms with Gasteiger partial charge in [-0.15, -0.1) is 0 Å². The van der Waals surface area contributed by atoms with Crippen LogP contribution in [0.25, 0.3) is 16.9 Å². The minimum absolute atomic E-state index is 0.261. The van der Waals surface area contributed by atoms with Crippen LogP contribution in [0, 0.1) is 5.82 Å². The highest BCUT2D eigenvalue weighted by atomic mass is 19.1. The molecule has 1 aliphatic rings. The predicted octanol–water partition coefficient (Wildman–Crippen LogP) is 4.65. The fraction of sp³-hybridized carbons (Fsp3) is 0.409. The largest absolute Gasteiger partial charge is 0.444 e. The zero-order chi connectivity index (χ0) is 20.6. The Morgan fingerprint density at radius 1 is 1.17 bits per heavy atom. The zero-order valence-corrected chi connectivity index (χ0v) is 16.9. The number of aromatic nitrogens is 3. The lowest BCUT2D eigenvalue weighted by Crippen LogP contribution is -2.41. The van der Waals surface area contributed by atoms with Crippen LogP contribution < -0.4 is 0 Å². The molecule has 6 nitrogen and oxygen atoms in total. The molecule has 1 aromatic carbocycles. The van der Waals surface area contributed by atoms with E-state index in [-0.39, 0.29) is 17.8 Å². The number of amides is 1. The predicted molar refractivity (Wildman–Crippen MR) is 108 cm³/mol. The molecule has 3 heterocycles. The van der Waals surface area contributed by atoms with E-state index in [2.05, 4.69) is 10.1 Å².